The number of allylic oxidation sites excluding steroid dienone is 1. The number of hydrogen-bond donors (Lipinski definition) is 1. The molecule has 2 rings (SSSR count). The number of ether oxygens (including phenoxy) is 1. The number of nitrogens with one attached hydrogen (secondary N) is 1. The molecule has 0 bridgehead atoms. The van der Waals surface area contributed by atoms with E-state index in [1.54, 1.807) is 29.8 Å². The predicted octanol–water partition coefficient (Wildman–Crippen LogP) is 4.48. The molecule has 8 nitrogen and oxygen atoms in total. The Bertz CT molecular complexity index is 840. The second-order valence-corrected chi connectivity index (χ2v) is 16.4. The van der Waals surface area contributed by atoms with Gasteiger partial charge in [0.1, 0.15) is 11.6 Å². The Morgan fingerprint density at radius 3 is 2.42 bits per heavy atom. The summed E-state index contributed by atoms with van der Waals surface area (Å²) < 4.78 is 11.9. The number of hydrogen-bond acceptors (Lipinski definition) is 5. The van der Waals surface area contributed by atoms with Gasteiger partial charge in [-0.05, 0) is 50.7 Å². The van der Waals surface area contributed by atoms with Crippen molar-refractivity contribution in [1.29, 1.82) is 0 Å². The molecule has 9 heteroatoms. The van der Waals surface area contributed by atoms with E-state index >= 15 is 0 Å². The molecule has 0 radical (unpaired) electrons. The SMILES string of the molecule is C=CCCCCN(C)C(=O)[C@@H]1C[C@H](O[Si](C)(C)C(C)(C)C)CN1C(=O)N[C@]1(C(=O)OCC)C[C@H]1C=C. The van der Waals surface area contributed by atoms with Gasteiger partial charge >= 0.3 is 12.0 Å². The number of esters is 1. The van der Waals surface area contributed by atoms with Crippen LogP contribution in [-0.2, 0) is 18.8 Å². The second-order valence-electron chi connectivity index (χ2n) is 11.6. The van der Waals surface area contributed by atoms with E-state index in [1.807, 2.05) is 6.08 Å². The maximum absolute atomic E-state index is 13.6. The fourth-order valence-corrected chi connectivity index (χ4v) is 5.82. The highest BCUT2D eigenvalue weighted by atomic mass is 28.4. The Hall–Kier alpha value is -2.13. The van der Waals surface area contributed by atoms with Crippen molar-refractivity contribution in [2.24, 2.45) is 5.92 Å². The third-order valence-corrected chi connectivity index (χ3v) is 12.4. The van der Waals surface area contributed by atoms with Crippen LogP contribution in [0.2, 0.25) is 18.1 Å². The summed E-state index contributed by atoms with van der Waals surface area (Å²) >= 11 is 0. The van der Waals surface area contributed by atoms with Gasteiger partial charge in [-0.2, -0.15) is 0 Å². The Morgan fingerprint density at radius 1 is 1.22 bits per heavy atom. The molecule has 1 saturated heterocycles. The lowest BCUT2D eigenvalue weighted by atomic mass is 10.1. The Balaban J connectivity index is 2.23. The van der Waals surface area contributed by atoms with Crippen molar-refractivity contribution in [2.75, 3.05) is 26.7 Å². The number of urea groups is 1. The first-order valence-corrected chi connectivity index (χ1v) is 16.1. The molecule has 36 heavy (non-hydrogen) atoms. The van der Waals surface area contributed by atoms with Gasteiger partial charge in [0, 0.05) is 32.5 Å². The standard InChI is InChI=1S/C27H47N3O5Si/c1-10-13-14-15-16-29(7)23(31)22-17-21(35-36(8,9)26(4,5)6)19-30(22)25(33)28-27(18-20(27)11-2)24(32)34-12-3/h10-11,20-22H,1-2,12-19H2,3-9H3,(H,28,33)/t20-,21+,22+,27-/m1/s1. The summed E-state index contributed by atoms with van der Waals surface area (Å²) in [5, 5.41) is 2.91. The fraction of sp³-hybridized carbons (Fsp3) is 0.741. The maximum atomic E-state index is 13.6. The first-order valence-electron chi connectivity index (χ1n) is 13.2. The van der Waals surface area contributed by atoms with Crippen molar-refractivity contribution in [1.82, 2.24) is 15.1 Å². The number of nitrogens with zero attached hydrogens (tertiary/aromatic N) is 2. The zero-order valence-corrected chi connectivity index (χ0v) is 24.4. The molecule has 0 aromatic rings. The van der Waals surface area contributed by atoms with Gasteiger partial charge in [-0.1, -0.05) is 32.9 Å². The summed E-state index contributed by atoms with van der Waals surface area (Å²) in [4.78, 5) is 43.0. The Morgan fingerprint density at radius 2 is 1.89 bits per heavy atom. The summed E-state index contributed by atoms with van der Waals surface area (Å²) in [5.74, 6) is -0.755. The van der Waals surface area contributed by atoms with Crippen molar-refractivity contribution in [3.8, 4) is 0 Å². The Labute approximate surface area is 218 Å². The molecule has 0 aromatic heterocycles. The average molecular weight is 522 g/mol. The van der Waals surface area contributed by atoms with Crippen LogP contribution in [-0.4, -0.2) is 80.5 Å². The van der Waals surface area contributed by atoms with Crippen molar-refractivity contribution in [3.63, 3.8) is 0 Å². The van der Waals surface area contributed by atoms with Gasteiger partial charge in [0.05, 0.1) is 12.7 Å². The van der Waals surface area contributed by atoms with Gasteiger partial charge in [-0.3, -0.25) is 4.79 Å². The number of carbonyl (C=O) groups excluding carboxylic acids is 3. The van der Waals surface area contributed by atoms with Crippen LogP contribution in [0.4, 0.5) is 4.79 Å². The zero-order chi connectivity index (χ0) is 27.3. The molecule has 1 heterocycles. The lowest BCUT2D eigenvalue weighted by Crippen LogP contribution is -2.55. The molecular formula is C27H47N3O5Si. The lowest BCUT2D eigenvalue weighted by Gasteiger charge is -2.38. The summed E-state index contributed by atoms with van der Waals surface area (Å²) in [6, 6.07) is -1.09. The fourth-order valence-electron chi connectivity index (χ4n) is 4.46. The molecular weight excluding hydrogens is 474 g/mol. The van der Waals surface area contributed by atoms with Gasteiger partial charge < -0.3 is 24.3 Å². The molecule has 2 fully saturated rings. The van der Waals surface area contributed by atoms with Crippen molar-refractivity contribution in [3.05, 3.63) is 25.3 Å². The minimum Gasteiger partial charge on any atom is -0.464 e. The highest BCUT2D eigenvalue weighted by molar-refractivity contribution is 6.74. The van der Waals surface area contributed by atoms with Crippen molar-refractivity contribution < 1.29 is 23.5 Å². The van der Waals surface area contributed by atoms with E-state index in [0.29, 0.717) is 25.9 Å². The van der Waals surface area contributed by atoms with Gasteiger partial charge in [0.15, 0.2) is 8.32 Å². The minimum absolute atomic E-state index is 0.00327. The van der Waals surface area contributed by atoms with Crippen LogP contribution in [0, 0.1) is 5.92 Å². The number of likely N-dealkylation sites (tertiary alicyclic amines) is 1. The van der Waals surface area contributed by atoms with Crippen molar-refractivity contribution in [2.45, 2.75) is 95.6 Å². The largest absolute Gasteiger partial charge is 0.464 e. The van der Waals surface area contributed by atoms with Crippen molar-refractivity contribution >= 4 is 26.2 Å². The van der Waals surface area contributed by atoms with E-state index < -0.39 is 31.9 Å². The first kappa shape index (κ1) is 30.1. The van der Waals surface area contributed by atoms with E-state index in [1.165, 1.54) is 0 Å². The number of carbonyl (C=O) groups is 3. The van der Waals surface area contributed by atoms with E-state index in [-0.39, 0.29) is 29.6 Å². The van der Waals surface area contributed by atoms with E-state index in [9.17, 15) is 14.4 Å². The number of likely N-dealkylation sites (N-methyl/N-ethyl adjacent to an activating group) is 1. The van der Waals surface area contributed by atoms with E-state index in [0.717, 1.165) is 19.3 Å². The molecule has 1 aliphatic heterocycles. The molecule has 0 unspecified atom stereocenters. The topological polar surface area (TPSA) is 88.2 Å². The van der Waals surface area contributed by atoms with Crippen LogP contribution >= 0.6 is 0 Å². The normalized spacial score (nSPS) is 25.8. The molecule has 4 atom stereocenters. The first-order chi connectivity index (χ1) is 16.7. The van der Waals surface area contributed by atoms with Crippen LogP contribution in [0.25, 0.3) is 0 Å². The molecule has 2 aliphatic rings. The number of amides is 3. The van der Waals surface area contributed by atoms with Gasteiger partial charge in [0.25, 0.3) is 0 Å². The molecule has 1 N–H and O–H groups in total. The summed E-state index contributed by atoms with van der Waals surface area (Å²) in [7, 11) is -0.335. The lowest BCUT2D eigenvalue weighted by molar-refractivity contribution is -0.147. The Kier molecular flexibility index (Phi) is 9.98. The van der Waals surface area contributed by atoms with Crippen LogP contribution < -0.4 is 5.32 Å². The quantitative estimate of drug-likeness (QED) is 0.177. The smallest absolute Gasteiger partial charge is 0.332 e. The van der Waals surface area contributed by atoms with E-state index in [4.69, 9.17) is 9.16 Å². The molecule has 0 aromatic carbocycles. The predicted molar refractivity (Wildman–Crippen MR) is 145 cm³/mol. The maximum Gasteiger partial charge on any atom is 0.332 e. The number of unbranched alkanes of at least 4 members (excludes halogenated alkanes) is 2. The average Bonchev–Trinajstić information content (AvgIpc) is 3.35. The third-order valence-electron chi connectivity index (χ3n) is 7.87. The highest BCUT2D eigenvalue weighted by Gasteiger charge is 2.62. The van der Waals surface area contributed by atoms with Gasteiger partial charge in [0.2, 0.25) is 5.91 Å². The van der Waals surface area contributed by atoms with Crippen LogP contribution in [0.3, 0.4) is 0 Å². The van der Waals surface area contributed by atoms with Crippen LogP contribution in [0.15, 0.2) is 25.3 Å². The van der Waals surface area contributed by atoms with Crippen LogP contribution in [0.5, 0.6) is 0 Å². The molecule has 3 amide bonds. The van der Waals surface area contributed by atoms with E-state index in [2.05, 4.69) is 52.3 Å². The third kappa shape index (κ3) is 6.79. The molecule has 0 spiro atoms. The molecule has 1 aliphatic carbocycles. The van der Waals surface area contributed by atoms with Gasteiger partial charge in [-0.25, -0.2) is 9.59 Å². The second kappa shape index (κ2) is 11.9. The highest BCUT2D eigenvalue weighted by Crippen LogP contribution is 2.46. The summed E-state index contributed by atoms with van der Waals surface area (Å²) in [5.41, 5.74) is -1.11. The number of rotatable bonds is 12. The zero-order valence-electron chi connectivity index (χ0n) is 23.4. The molecule has 204 valence electrons. The van der Waals surface area contributed by atoms with Gasteiger partial charge in [-0.15, -0.1) is 13.2 Å². The summed E-state index contributed by atoms with van der Waals surface area (Å²) in [6.07, 6.45) is 6.91. The summed E-state index contributed by atoms with van der Waals surface area (Å²) in [6.45, 7) is 21.3. The monoisotopic (exact) mass is 521 g/mol. The molecule has 1 saturated carbocycles. The minimum atomic E-state index is -2.12. The van der Waals surface area contributed by atoms with Crippen LogP contribution in [0.1, 0.15) is 59.8 Å².